The fraction of sp³-hybridized carbons (Fsp3) is 0.0455. The smallest absolute Gasteiger partial charge is 0.312 e. The molecule has 0 aliphatic carbocycles. The zero-order valence-corrected chi connectivity index (χ0v) is 17.6. The number of halogens is 3. The predicted molar refractivity (Wildman–Crippen MR) is 117 cm³/mol. The molecular weight excluding hydrogens is 447 g/mol. The number of carbonyl (C=O) groups is 2. The van der Waals surface area contributed by atoms with E-state index in [1.807, 2.05) is 6.07 Å². The average molecular weight is 460 g/mol. The summed E-state index contributed by atoms with van der Waals surface area (Å²) in [6, 6.07) is 18.5. The fourth-order valence-corrected chi connectivity index (χ4v) is 3.50. The summed E-state index contributed by atoms with van der Waals surface area (Å²) < 4.78 is 0. The predicted octanol–water partition coefficient (Wildman–Crippen LogP) is 5.75. The lowest BCUT2D eigenvalue weighted by atomic mass is 10.1. The lowest BCUT2D eigenvalue weighted by Gasteiger charge is -2.17. The highest BCUT2D eigenvalue weighted by Gasteiger charge is 2.34. The molecule has 1 aliphatic heterocycles. The molecule has 0 fully saturated rings. The Morgan fingerprint density at radius 1 is 0.933 bits per heavy atom. The van der Waals surface area contributed by atoms with Crippen LogP contribution in [0.1, 0.15) is 21.5 Å². The number of hydrogen-bond donors (Lipinski definition) is 0. The van der Waals surface area contributed by atoms with Crippen LogP contribution in [0, 0.1) is 0 Å². The molecule has 0 aromatic heterocycles. The van der Waals surface area contributed by atoms with Crippen LogP contribution < -0.4 is 4.90 Å². The molecule has 0 bridgehead atoms. The number of hydrogen-bond acceptors (Lipinski definition) is 4. The number of carbonyl (C=O) groups excluding carboxylic acids is 2. The first-order valence-corrected chi connectivity index (χ1v) is 9.97. The standard InChI is InChI=1S/C22H13Cl3N2O3/c23-15-8-6-14(7-9-15)22(29)30-26-20-16-3-1-2-4-19(16)27(21(20)28)12-13-5-10-17(24)18(25)11-13/h1-11H,12H2/b26-20-. The number of nitrogens with zero attached hydrogens (tertiary/aromatic N) is 2. The first kappa shape index (κ1) is 20.4. The van der Waals surface area contributed by atoms with Gasteiger partial charge in [-0.1, -0.05) is 64.2 Å². The minimum Gasteiger partial charge on any atom is -0.312 e. The minimum atomic E-state index is -0.688. The van der Waals surface area contributed by atoms with E-state index in [2.05, 4.69) is 5.16 Å². The molecule has 4 rings (SSSR count). The molecule has 0 radical (unpaired) electrons. The summed E-state index contributed by atoms with van der Waals surface area (Å²) in [4.78, 5) is 31.9. The van der Waals surface area contributed by atoms with Crippen molar-refractivity contribution in [2.75, 3.05) is 4.90 Å². The van der Waals surface area contributed by atoms with Crippen LogP contribution in [-0.4, -0.2) is 17.6 Å². The summed E-state index contributed by atoms with van der Waals surface area (Å²) in [5.74, 6) is -1.07. The van der Waals surface area contributed by atoms with Crippen molar-refractivity contribution < 1.29 is 14.4 Å². The van der Waals surface area contributed by atoms with Crippen molar-refractivity contribution in [3.8, 4) is 0 Å². The molecule has 150 valence electrons. The normalized spacial score (nSPS) is 14.2. The van der Waals surface area contributed by atoms with Gasteiger partial charge in [-0.25, -0.2) is 4.79 Å². The van der Waals surface area contributed by atoms with Crippen molar-refractivity contribution in [1.82, 2.24) is 0 Å². The first-order valence-electron chi connectivity index (χ1n) is 8.84. The molecule has 1 heterocycles. The molecule has 5 nitrogen and oxygen atoms in total. The Hall–Kier alpha value is -2.86. The Morgan fingerprint density at radius 2 is 1.67 bits per heavy atom. The van der Waals surface area contributed by atoms with Crippen LogP contribution in [0.3, 0.4) is 0 Å². The van der Waals surface area contributed by atoms with Crippen LogP contribution in [0.2, 0.25) is 15.1 Å². The summed E-state index contributed by atoms with van der Waals surface area (Å²) in [5, 5.41) is 5.20. The lowest BCUT2D eigenvalue weighted by molar-refractivity contribution is -0.112. The largest absolute Gasteiger partial charge is 0.365 e. The van der Waals surface area contributed by atoms with Crippen molar-refractivity contribution >= 4 is 58.1 Å². The van der Waals surface area contributed by atoms with E-state index >= 15 is 0 Å². The topological polar surface area (TPSA) is 59.0 Å². The van der Waals surface area contributed by atoms with Gasteiger partial charge in [0.1, 0.15) is 0 Å². The van der Waals surface area contributed by atoms with E-state index in [0.717, 1.165) is 5.56 Å². The van der Waals surface area contributed by atoms with Crippen LogP contribution in [0.15, 0.2) is 71.9 Å². The highest BCUT2D eigenvalue weighted by atomic mass is 35.5. The van der Waals surface area contributed by atoms with Crippen molar-refractivity contribution in [1.29, 1.82) is 0 Å². The van der Waals surface area contributed by atoms with Crippen LogP contribution in [-0.2, 0) is 16.2 Å². The van der Waals surface area contributed by atoms with Gasteiger partial charge >= 0.3 is 5.97 Å². The van der Waals surface area contributed by atoms with Crippen molar-refractivity contribution in [3.63, 3.8) is 0 Å². The Bertz CT molecular complexity index is 1180. The molecule has 3 aromatic rings. The van der Waals surface area contributed by atoms with Crippen molar-refractivity contribution in [2.24, 2.45) is 5.16 Å². The number of benzene rings is 3. The fourth-order valence-electron chi connectivity index (χ4n) is 3.05. The molecule has 3 aromatic carbocycles. The van der Waals surface area contributed by atoms with E-state index in [9.17, 15) is 9.59 Å². The maximum absolute atomic E-state index is 13.0. The molecule has 0 spiro atoms. The third-order valence-electron chi connectivity index (χ3n) is 4.52. The van der Waals surface area contributed by atoms with E-state index in [1.165, 1.54) is 12.1 Å². The van der Waals surface area contributed by atoms with Gasteiger partial charge in [0, 0.05) is 10.6 Å². The molecular formula is C22H13Cl3N2O3. The van der Waals surface area contributed by atoms with Gasteiger partial charge in [-0.3, -0.25) is 4.79 Å². The Morgan fingerprint density at radius 3 is 2.40 bits per heavy atom. The zero-order chi connectivity index (χ0) is 21.3. The summed E-state index contributed by atoms with van der Waals surface area (Å²) in [7, 11) is 0. The van der Waals surface area contributed by atoms with Crippen molar-refractivity contribution in [3.05, 3.63) is 98.5 Å². The molecule has 0 N–H and O–H groups in total. The quantitative estimate of drug-likeness (QED) is 0.368. The van der Waals surface area contributed by atoms with Gasteiger partial charge in [-0.05, 0) is 48.0 Å². The van der Waals surface area contributed by atoms with Crippen LogP contribution in [0.5, 0.6) is 0 Å². The highest BCUT2D eigenvalue weighted by molar-refractivity contribution is 6.54. The lowest BCUT2D eigenvalue weighted by Crippen LogP contribution is -2.29. The van der Waals surface area contributed by atoms with E-state index in [0.29, 0.717) is 26.3 Å². The molecule has 0 saturated carbocycles. The van der Waals surface area contributed by atoms with E-state index in [-0.39, 0.29) is 23.7 Å². The van der Waals surface area contributed by atoms with Gasteiger partial charge in [-0.15, -0.1) is 0 Å². The Balaban J connectivity index is 1.60. The van der Waals surface area contributed by atoms with Gasteiger partial charge in [-0.2, -0.15) is 0 Å². The maximum Gasteiger partial charge on any atom is 0.365 e. The third-order valence-corrected chi connectivity index (χ3v) is 5.51. The number of para-hydroxylation sites is 1. The Labute approximate surface area is 187 Å². The minimum absolute atomic E-state index is 0.0490. The molecule has 1 aliphatic rings. The van der Waals surface area contributed by atoms with E-state index < -0.39 is 5.97 Å². The molecule has 1 amide bonds. The monoisotopic (exact) mass is 458 g/mol. The van der Waals surface area contributed by atoms with E-state index in [1.54, 1.807) is 53.4 Å². The van der Waals surface area contributed by atoms with Crippen molar-refractivity contribution in [2.45, 2.75) is 6.54 Å². The van der Waals surface area contributed by atoms with Gasteiger partial charge in [0.25, 0.3) is 5.91 Å². The van der Waals surface area contributed by atoms with Gasteiger partial charge in [0.15, 0.2) is 5.71 Å². The number of rotatable bonds is 4. The SMILES string of the molecule is O=C(O/N=C1\C(=O)N(Cc2ccc(Cl)c(Cl)c2)c2ccccc21)c1ccc(Cl)cc1. The van der Waals surface area contributed by atoms with Crippen LogP contribution >= 0.6 is 34.8 Å². The Kier molecular flexibility index (Phi) is 5.77. The number of oxime groups is 1. The molecule has 0 atom stereocenters. The molecule has 8 heteroatoms. The second kappa shape index (κ2) is 8.48. The number of amides is 1. The molecule has 0 unspecified atom stereocenters. The number of anilines is 1. The van der Waals surface area contributed by atoms with Crippen LogP contribution in [0.25, 0.3) is 0 Å². The van der Waals surface area contributed by atoms with Gasteiger partial charge < -0.3 is 9.74 Å². The first-order chi connectivity index (χ1) is 14.4. The average Bonchev–Trinajstić information content (AvgIpc) is 3.00. The number of fused-ring (bicyclic) bond motifs is 1. The van der Waals surface area contributed by atoms with Crippen LogP contribution in [0.4, 0.5) is 5.69 Å². The summed E-state index contributed by atoms with van der Waals surface area (Å²) >= 11 is 17.9. The summed E-state index contributed by atoms with van der Waals surface area (Å²) in [6.07, 6.45) is 0. The summed E-state index contributed by atoms with van der Waals surface area (Å²) in [5.41, 5.74) is 2.36. The highest BCUT2D eigenvalue weighted by Crippen LogP contribution is 2.32. The second-order valence-electron chi connectivity index (χ2n) is 6.48. The second-order valence-corrected chi connectivity index (χ2v) is 7.73. The van der Waals surface area contributed by atoms with Gasteiger partial charge in [0.2, 0.25) is 0 Å². The van der Waals surface area contributed by atoms with E-state index in [4.69, 9.17) is 39.6 Å². The molecule has 30 heavy (non-hydrogen) atoms. The zero-order valence-electron chi connectivity index (χ0n) is 15.3. The maximum atomic E-state index is 13.0. The third kappa shape index (κ3) is 4.05. The molecule has 0 saturated heterocycles. The van der Waals surface area contributed by atoms with Gasteiger partial charge in [0.05, 0.1) is 27.8 Å². The summed E-state index contributed by atoms with van der Waals surface area (Å²) in [6.45, 7) is 0.261.